The van der Waals surface area contributed by atoms with Crippen molar-refractivity contribution in [2.75, 3.05) is 0 Å². The van der Waals surface area contributed by atoms with Crippen molar-refractivity contribution in [2.24, 2.45) is 0 Å². The molecule has 2 nitrogen and oxygen atoms in total. The third-order valence-electron chi connectivity index (χ3n) is 6.56. The summed E-state index contributed by atoms with van der Waals surface area (Å²) in [5, 5.41) is 0.924. The summed E-state index contributed by atoms with van der Waals surface area (Å²) < 4.78 is 131. The van der Waals surface area contributed by atoms with Crippen molar-refractivity contribution in [1.29, 1.82) is 0 Å². The van der Waals surface area contributed by atoms with Crippen molar-refractivity contribution in [3.8, 4) is 23.0 Å². The molecule has 0 fully saturated rings. The van der Waals surface area contributed by atoms with Gasteiger partial charge in [0.15, 0.2) is 33.5 Å². The van der Waals surface area contributed by atoms with E-state index < -0.39 is 15.6 Å². The molecule has 4 aromatic carbocycles. The van der Waals surface area contributed by atoms with Crippen molar-refractivity contribution >= 4 is 37.4 Å². The molecule has 0 saturated heterocycles. The zero-order valence-corrected chi connectivity index (χ0v) is 28.3. The molecular weight excluding hydrogens is 746 g/mol. The van der Waals surface area contributed by atoms with Crippen molar-refractivity contribution in [3.05, 3.63) is 97.1 Å². The minimum absolute atomic E-state index is 0.0764. The number of benzene rings is 4. The van der Waals surface area contributed by atoms with E-state index in [4.69, 9.17) is 9.47 Å². The Labute approximate surface area is 273 Å². The van der Waals surface area contributed by atoms with Crippen LogP contribution in [0.1, 0.15) is 26.7 Å². The zero-order valence-electron chi connectivity index (χ0n) is 24.9. The third kappa shape index (κ3) is 12.0. The summed E-state index contributed by atoms with van der Waals surface area (Å²) in [6.07, 6.45) is 2.32. The predicted molar refractivity (Wildman–Crippen MR) is 169 cm³/mol. The van der Waals surface area contributed by atoms with Gasteiger partial charge in [-0.15, -0.1) is 0 Å². The maximum atomic E-state index is 9.87. The molecule has 0 aliphatic carbocycles. The van der Waals surface area contributed by atoms with Gasteiger partial charge in [-0.25, -0.2) is 0 Å². The maximum absolute atomic E-state index is 10.7. The molecule has 2 aliphatic heterocycles. The van der Waals surface area contributed by atoms with E-state index in [1.165, 1.54) is 26.0 Å². The van der Waals surface area contributed by atoms with Crippen molar-refractivity contribution in [2.45, 2.75) is 56.8 Å². The number of fused-ring (bicyclic) bond motifs is 4. The minimum atomic E-state index is -10.7. The van der Waals surface area contributed by atoms with Crippen molar-refractivity contribution in [1.82, 2.24) is 0 Å². The second kappa shape index (κ2) is 11.9. The first-order valence-corrected chi connectivity index (χ1v) is 20.6. The fourth-order valence-electron chi connectivity index (χ4n) is 5.05. The van der Waals surface area contributed by atoms with Crippen LogP contribution >= 0.6 is 15.6 Å². The summed E-state index contributed by atoms with van der Waals surface area (Å²) in [7, 11) is -21.5. The summed E-state index contributed by atoms with van der Waals surface area (Å²) >= 11 is 0. The Hall–Kier alpha value is -2.80. The molecule has 0 spiro atoms. The standard InChI is InChI=1S/C30H28O2S2.2F6P/c1-3-12-26(34-29-19-10-6-15-24(29)32-25-16-7-11-20-30(25)34)21(2)33-27-17-8-4-13-22(27)31-23-14-5-9-18-28(23)33;2*1-7(2,3,4,5)6/h4-11,13-21,26H,3,12H2,1-2H3;;/q+2;2*-1/t21-,26+;;/m0../s1. The van der Waals surface area contributed by atoms with Gasteiger partial charge in [-0.1, -0.05) is 61.9 Å². The summed E-state index contributed by atoms with van der Waals surface area (Å²) in [6, 6.07) is 34.5. The summed E-state index contributed by atoms with van der Waals surface area (Å²) in [5.74, 6) is 4.02. The molecule has 0 saturated carbocycles. The van der Waals surface area contributed by atoms with E-state index in [1.807, 2.05) is 0 Å². The van der Waals surface area contributed by atoms with Crippen molar-refractivity contribution < 1.29 is 59.8 Å². The molecule has 0 aromatic heterocycles. The molecule has 0 radical (unpaired) electrons. The average Bonchev–Trinajstić information content (AvgIpc) is 2.94. The van der Waals surface area contributed by atoms with Crippen LogP contribution in [0.15, 0.2) is 117 Å². The van der Waals surface area contributed by atoms with Gasteiger partial charge in [0.2, 0.25) is 19.6 Å². The number of rotatable bonds is 5. The molecule has 266 valence electrons. The third-order valence-corrected chi connectivity index (χ3v) is 12.3. The molecule has 0 N–H and O–H groups in total. The van der Waals surface area contributed by atoms with Gasteiger partial charge in [-0.2, -0.15) is 0 Å². The van der Waals surface area contributed by atoms with Crippen LogP contribution in [0.2, 0.25) is 0 Å². The van der Waals surface area contributed by atoms with Crippen LogP contribution in [0.3, 0.4) is 0 Å². The topological polar surface area (TPSA) is 18.5 Å². The molecule has 2 atom stereocenters. The first-order valence-electron chi connectivity index (χ1n) is 14.0. The van der Waals surface area contributed by atoms with Crippen LogP contribution in [0.25, 0.3) is 0 Å². The molecule has 18 heteroatoms. The number of para-hydroxylation sites is 4. The number of hydrogen-bond acceptors (Lipinski definition) is 2. The SMILES string of the molecule is CCC[C@H]([C@H](C)[S+]1c2ccccc2Oc2ccccc21)[S+]1c2ccccc2Oc2ccccc21.F[P-](F)(F)(F)(F)F.F[P-](F)(F)(F)(F)F. The molecule has 0 bridgehead atoms. The van der Waals surface area contributed by atoms with Gasteiger partial charge >= 0.3 is 66.0 Å². The van der Waals surface area contributed by atoms with E-state index in [2.05, 4.69) is 111 Å². The average molecular weight is 775 g/mol. The predicted octanol–water partition coefficient (Wildman–Crippen LogP) is 15.0. The van der Waals surface area contributed by atoms with Crippen LogP contribution in [0.5, 0.6) is 23.0 Å². The van der Waals surface area contributed by atoms with Crippen LogP contribution in [-0.2, 0) is 21.8 Å². The Bertz CT molecular complexity index is 1650. The Balaban J connectivity index is 0.000000314. The van der Waals surface area contributed by atoms with Gasteiger partial charge in [-0.3, -0.25) is 0 Å². The molecule has 0 amide bonds. The van der Waals surface area contributed by atoms with E-state index in [1.54, 1.807) is 0 Å². The van der Waals surface area contributed by atoms with Crippen LogP contribution in [0.4, 0.5) is 50.4 Å². The Morgan fingerprint density at radius 3 is 1.00 bits per heavy atom. The molecule has 48 heavy (non-hydrogen) atoms. The Morgan fingerprint density at radius 1 is 0.479 bits per heavy atom. The molecule has 2 aliphatic rings. The normalized spacial score (nSPS) is 18.2. The van der Waals surface area contributed by atoms with Crippen molar-refractivity contribution in [3.63, 3.8) is 0 Å². The van der Waals surface area contributed by atoms with Gasteiger partial charge in [0.1, 0.15) is 0 Å². The van der Waals surface area contributed by atoms with Gasteiger partial charge < -0.3 is 9.47 Å². The monoisotopic (exact) mass is 774 g/mol. The first kappa shape index (κ1) is 38.0. The first-order chi connectivity index (χ1) is 21.7. The second-order valence-corrected chi connectivity index (χ2v) is 18.9. The summed E-state index contributed by atoms with van der Waals surface area (Å²) in [5.41, 5.74) is 0. The zero-order chi connectivity index (χ0) is 35.9. The van der Waals surface area contributed by atoms with Gasteiger partial charge in [0.05, 0.1) is 21.8 Å². The fourth-order valence-corrected chi connectivity index (χ4v) is 11.1. The quantitative estimate of drug-likeness (QED) is 0.114. The Kier molecular flexibility index (Phi) is 9.44. The fraction of sp³-hybridized carbons (Fsp3) is 0.200. The van der Waals surface area contributed by atoms with E-state index in [-0.39, 0.29) is 21.8 Å². The van der Waals surface area contributed by atoms with Gasteiger partial charge in [0, 0.05) is 6.42 Å². The number of halogens is 12. The Morgan fingerprint density at radius 2 is 0.729 bits per heavy atom. The molecular formula is C30H28F12O2P2S2. The van der Waals surface area contributed by atoms with Crippen LogP contribution in [0, 0.1) is 0 Å². The molecule has 6 rings (SSSR count). The van der Waals surface area contributed by atoms with E-state index in [9.17, 15) is 50.4 Å². The van der Waals surface area contributed by atoms with Gasteiger partial charge in [0.25, 0.3) is 0 Å². The summed E-state index contributed by atoms with van der Waals surface area (Å²) in [4.78, 5) is 5.33. The molecule has 4 aromatic rings. The van der Waals surface area contributed by atoms with E-state index in [0.717, 1.165) is 29.4 Å². The second-order valence-electron chi connectivity index (χ2n) is 10.6. The van der Waals surface area contributed by atoms with Crippen LogP contribution in [-0.4, -0.2) is 10.5 Å². The van der Waals surface area contributed by atoms with Gasteiger partial charge in [-0.05, 0) is 55.5 Å². The molecule has 2 heterocycles. The molecule has 0 unspecified atom stereocenters. The summed E-state index contributed by atoms with van der Waals surface area (Å²) in [6.45, 7) is 4.78. The van der Waals surface area contributed by atoms with Crippen LogP contribution < -0.4 is 9.47 Å². The number of ether oxygens (including phenoxy) is 2. The van der Waals surface area contributed by atoms with E-state index in [0.29, 0.717) is 10.5 Å². The number of hydrogen-bond donors (Lipinski definition) is 0. The van der Waals surface area contributed by atoms with E-state index >= 15 is 0 Å².